The third-order valence-corrected chi connectivity index (χ3v) is 1.92. The topological polar surface area (TPSA) is 61.4 Å². The smallest absolute Gasteiger partial charge is 0.223 e. The van der Waals surface area contributed by atoms with E-state index in [1.165, 1.54) is 0 Å². The number of nitrogens with zero attached hydrogens (tertiary/aromatic N) is 1. The summed E-state index contributed by atoms with van der Waals surface area (Å²) in [6.45, 7) is 3.79. The number of amides is 2. The van der Waals surface area contributed by atoms with Gasteiger partial charge in [0.1, 0.15) is 0 Å². The van der Waals surface area contributed by atoms with E-state index in [1.807, 2.05) is 6.92 Å². The molecule has 0 aromatic rings. The second kappa shape index (κ2) is 8.23. The SMILES string of the molecule is CCNC(=O)CCNCCC(=O)N(C)C. The maximum absolute atomic E-state index is 11.1. The summed E-state index contributed by atoms with van der Waals surface area (Å²) in [5.41, 5.74) is 0. The number of nitrogens with one attached hydrogen (secondary N) is 2. The first-order chi connectivity index (χ1) is 7.07. The van der Waals surface area contributed by atoms with Crippen molar-refractivity contribution in [3.05, 3.63) is 0 Å². The van der Waals surface area contributed by atoms with Crippen molar-refractivity contribution in [1.29, 1.82) is 0 Å². The van der Waals surface area contributed by atoms with Crippen molar-refractivity contribution in [3.8, 4) is 0 Å². The molecular formula is C10H21N3O2. The molecule has 0 heterocycles. The Morgan fingerprint density at radius 3 is 2.27 bits per heavy atom. The van der Waals surface area contributed by atoms with E-state index < -0.39 is 0 Å². The maximum Gasteiger partial charge on any atom is 0.223 e. The predicted octanol–water partition coefficient (Wildman–Crippen LogP) is -0.419. The van der Waals surface area contributed by atoms with Gasteiger partial charge >= 0.3 is 0 Å². The molecule has 0 spiro atoms. The molecule has 0 radical (unpaired) electrons. The maximum atomic E-state index is 11.1. The molecule has 5 nitrogen and oxygen atoms in total. The monoisotopic (exact) mass is 215 g/mol. The molecule has 0 aliphatic carbocycles. The third kappa shape index (κ3) is 7.93. The van der Waals surface area contributed by atoms with Gasteiger partial charge < -0.3 is 15.5 Å². The number of hydrogen-bond donors (Lipinski definition) is 2. The number of hydrogen-bond acceptors (Lipinski definition) is 3. The van der Waals surface area contributed by atoms with Gasteiger partial charge in [0.15, 0.2) is 0 Å². The molecule has 0 aliphatic heterocycles. The lowest BCUT2D eigenvalue weighted by Gasteiger charge is -2.10. The van der Waals surface area contributed by atoms with Crippen LogP contribution in [0, 0.1) is 0 Å². The molecule has 15 heavy (non-hydrogen) atoms. The lowest BCUT2D eigenvalue weighted by Crippen LogP contribution is -2.30. The van der Waals surface area contributed by atoms with E-state index in [1.54, 1.807) is 19.0 Å². The number of carbonyl (C=O) groups excluding carboxylic acids is 2. The van der Waals surface area contributed by atoms with E-state index in [9.17, 15) is 9.59 Å². The molecule has 0 rings (SSSR count). The summed E-state index contributed by atoms with van der Waals surface area (Å²) in [7, 11) is 3.47. The Morgan fingerprint density at radius 1 is 1.13 bits per heavy atom. The van der Waals surface area contributed by atoms with Crippen molar-refractivity contribution in [3.63, 3.8) is 0 Å². The molecule has 0 aliphatic rings. The van der Waals surface area contributed by atoms with E-state index in [-0.39, 0.29) is 11.8 Å². The molecule has 0 saturated carbocycles. The second-order valence-corrected chi connectivity index (χ2v) is 3.49. The van der Waals surface area contributed by atoms with E-state index in [2.05, 4.69) is 10.6 Å². The van der Waals surface area contributed by atoms with Crippen molar-refractivity contribution in [2.45, 2.75) is 19.8 Å². The van der Waals surface area contributed by atoms with Crippen LogP contribution in [-0.2, 0) is 9.59 Å². The first-order valence-electron chi connectivity index (χ1n) is 5.25. The highest BCUT2D eigenvalue weighted by molar-refractivity contribution is 5.76. The molecule has 2 N–H and O–H groups in total. The Kier molecular flexibility index (Phi) is 7.62. The average Bonchev–Trinajstić information content (AvgIpc) is 2.17. The Balaban J connectivity index is 3.32. The Bertz CT molecular complexity index is 205. The zero-order valence-electron chi connectivity index (χ0n) is 9.80. The molecule has 2 amide bonds. The summed E-state index contributed by atoms with van der Waals surface area (Å²) in [6.07, 6.45) is 0.937. The predicted molar refractivity (Wildman–Crippen MR) is 59.5 cm³/mol. The van der Waals surface area contributed by atoms with Crippen LogP contribution in [0.3, 0.4) is 0 Å². The largest absolute Gasteiger partial charge is 0.356 e. The molecule has 0 aromatic carbocycles. The van der Waals surface area contributed by atoms with E-state index in [4.69, 9.17) is 0 Å². The molecule has 0 bridgehead atoms. The Hall–Kier alpha value is -1.10. The summed E-state index contributed by atoms with van der Waals surface area (Å²) in [5.74, 6) is 0.143. The minimum atomic E-state index is 0.0453. The van der Waals surface area contributed by atoms with Gasteiger partial charge in [0.05, 0.1) is 0 Å². The van der Waals surface area contributed by atoms with Crippen LogP contribution in [0.4, 0.5) is 0 Å². The van der Waals surface area contributed by atoms with Gasteiger partial charge in [0.25, 0.3) is 0 Å². The first-order valence-corrected chi connectivity index (χ1v) is 5.25. The van der Waals surface area contributed by atoms with Crippen molar-refractivity contribution in [2.24, 2.45) is 0 Å². The van der Waals surface area contributed by atoms with E-state index in [0.29, 0.717) is 32.5 Å². The zero-order chi connectivity index (χ0) is 11.7. The zero-order valence-corrected chi connectivity index (χ0v) is 9.80. The first kappa shape index (κ1) is 13.9. The van der Waals surface area contributed by atoms with Crippen LogP contribution in [0.5, 0.6) is 0 Å². The van der Waals surface area contributed by atoms with Gasteiger partial charge in [0, 0.05) is 46.6 Å². The Labute approximate surface area is 91.2 Å². The lowest BCUT2D eigenvalue weighted by atomic mass is 10.3. The highest BCUT2D eigenvalue weighted by atomic mass is 16.2. The molecule has 88 valence electrons. The van der Waals surface area contributed by atoms with Crippen LogP contribution >= 0.6 is 0 Å². The Morgan fingerprint density at radius 2 is 1.73 bits per heavy atom. The molecule has 0 atom stereocenters. The quantitative estimate of drug-likeness (QED) is 0.567. The normalized spacial score (nSPS) is 9.80. The molecule has 5 heteroatoms. The summed E-state index contributed by atoms with van der Waals surface area (Å²) >= 11 is 0. The van der Waals surface area contributed by atoms with Gasteiger partial charge in [-0.05, 0) is 6.92 Å². The van der Waals surface area contributed by atoms with Crippen LogP contribution in [0.2, 0.25) is 0 Å². The third-order valence-electron chi connectivity index (χ3n) is 1.92. The summed E-state index contributed by atoms with van der Waals surface area (Å²) in [4.78, 5) is 23.7. The minimum absolute atomic E-state index is 0.0453. The van der Waals surface area contributed by atoms with Gasteiger partial charge in [0.2, 0.25) is 11.8 Å². The molecule has 0 fully saturated rings. The fourth-order valence-corrected chi connectivity index (χ4v) is 1.03. The van der Waals surface area contributed by atoms with Crippen LogP contribution in [0.1, 0.15) is 19.8 Å². The van der Waals surface area contributed by atoms with E-state index in [0.717, 1.165) is 0 Å². The summed E-state index contributed by atoms with van der Waals surface area (Å²) < 4.78 is 0. The molecule has 0 saturated heterocycles. The van der Waals surface area contributed by atoms with E-state index >= 15 is 0 Å². The molecule has 0 unspecified atom stereocenters. The van der Waals surface area contributed by atoms with Crippen LogP contribution < -0.4 is 10.6 Å². The number of carbonyl (C=O) groups is 2. The second-order valence-electron chi connectivity index (χ2n) is 3.49. The fraction of sp³-hybridized carbons (Fsp3) is 0.800. The van der Waals surface area contributed by atoms with Crippen molar-refractivity contribution in [1.82, 2.24) is 15.5 Å². The van der Waals surface area contributed by atoms with Crippen molar-refractivity contribution >= 4 is 11.8 Å². The highest BCUT2D eigenvalue weighted by Gasteiger charge is 2.03. The van der Waals surface area contributed by atoms with Gasteiger partial charge in [-0.25, -0.2) is 0 Å². The van der Waals surface area contributed by atoms with Crippen molar-refractivity contribution in [2.75, 3.05) is 33.7 Å². The van der Waals surface area contributed by atoms with Crippen LogP contribution in [0.25, 0.3) is 0 Å². The number of rotatable bonds is 7. The minimum Gasteiger partial charge on any atom is -0.356 e. The summed E-state index contributed by atoms with van der Waals surface area (Å²) in [5, 5.41) is 5.76. The van der Waals surface area contributed by atoms with Crippen LogP contribution in [-0.4, -0.2) is 50.4 Å². The standard InChI is InChI=1S/C10H21N3O2/c1-4-12-9(14)5-7-11-8-6-10(15)13(2)3/h11H,4-8H2,1-3H3,(H,12,14). The van der Waals surface area contributed by atoms with Gasteiger partial charge in [-0.15, -0.1) is 0 Å². The van der Waals surface area contributed by atoms with Gasteiger partial charge in [-0.3, -0.25) is 9.59 Å². The lowest BCUT2D eigenvalue weighted by molar-refractivity contribution is -0.128. The van der Waals surface area contributed by atoms with Crippen molar-refractivity contribution < 1.29 is 9.59 Å². The van der Waals surface area contributed by atoms with Gasteiger partial charge in [-0.2, -0.15) is 0 Å². The van der Waals surface area contributed by atoms with Crippen LogP contribution in [0.15, 0.2) is 0 Å². The highest BCUT2D eigenvalue weighted by Crippen LogP contribution is 1.85. The molecular weight excluding hydrogens is 194 g/mol. The fourth-order valence-electron chi connectivity index (χ4n) is 1.03. The average molecular weight is 215 g/mol. The molecule has 0 aromatic heterocycles. The summed E-state index contributed by atoms with van der Waals surface area (Å²) in [6, 6.07) is 0. The van der Waals surface area contributed by atoms with Gasteiger partial charge in [-0.1, -0.05) is 0 Å².